The summed E-state index contributed by atoms with van der Waals surface area (Å²) in [7, 11) is 0. The van der Waals surface area contributed by atoms with Crippen LogP contribution < -0.4 is 5.43 Å². The van der Waals surface area contributed by atoms with Crippen LogP contribution in [0.15, 0.2) is 35.7 Å². The molecule has 1 N–H and O–H groups in total. The van der Waals surface area contributed by atoms with Crippen molar-refractivity contribution < 1.29 is 13.9 Å². The maximum atomic E-state index is 14.2. The number of cyclic esters (lactones) is 1. The summed E-state index contributed by atoms with van der Waals surface area (Å²) < 4.78 is 19.0. The van der Waals surface area contributed by atoms with Crippen molar-refractivity contribution in [3.63, 3.8) is 0 Å². The highest BCUT2D eigenvalue weighted by Crippen LogP contribution is 2.23. The number of aromatic nitrogens is 2. The molecule has 1 amide bonds. The normalized spacial score (nSPS) is 14.2. The average Bonchev–Trinajstić information content (AvgIpc) is 2.49. The van der Waals surface area contributed by atoms with Gasteiger partial charge in [0.05, 0.1) is 0 Å². The van der Waals surface area contributed by atoms with Crippen molar-refractivity contribution in [2.75, 3.05) is 6.61 Å². The van der Waals surface area contributed by atoms with Gasteiger partial charge in [-0.2, -0.15) is 5.10 Å². The Bertz CT molecular complexity index is 728. The van der Waals surface area contributed by atoms with Gasteiger partial charge in [0.2, 0.25) is 0 Å². The smallest absolute Gasteiger partial charge is 0.428 e. The van der Waals surface area contributed by atoms with Crippen LogP contribution in [0, 0.1) is 12.7 Å². The number of rotatable bonds is 2. The van der Waals surface area contributed by atoms with Crippen molar-refractivity contribution in [1.29, 1.82) is 0 Å². The second-order valence-electron chi connectivity index (χ2n) is 4.46. The third-order valence-corrected chi connectivity index (χ3v) is 3.02. The molecule has 1 aliphatic heterocycles. The minimum atomic E-state index is -0.618. The molecule has 1 aliphatic rings. The van der Waals surface area contributed by atoms with E-state index in [1.54, 1.807) is 31.5 Å². The van der Waals surface area contributed by atoms with Gasteiger partial charge in [-0.05, 0) is 13.0 Å². The standard InChI is InChI=1S/C14H11FN4O2/c1-8-16-5-10(6-17-8)11-3-2-9(4-12(11)15)13-7-21-14(20)19-18-13/h2-6H,7H2,1H3,(H,19,20). The predicted octanol–water partition coefficient (Wildman–Crippen LogP) is 2.04. The first kappa shape index (κ1) is 13.2. The highest BCUT2D eigenvalue weighted by molar-refractivity contribution is 6.03. The van der Waals surface area contributed by atoms with Crippen LogP contribution in [0.1, 0.15) is 11.4 Å². The minimum absolute atomic E-state index is 0.0122. The Morgan fingerprint density at radius 1 is 1.24 bits per heavy atom. The van der Waals surface area contributed by atoms with Gasteiger partial charge in [0.15, 0.2) is 0 Å². The molecule has 0 fully saturated rings. The van der Waals surface area contributed by atoms with Crippen LogP contribution in [-0.4, -0.2) is 28.4 Å². The average molecular weight is 286 g/mol. The topological polar surface area (TPSA) is 76.5 Å². The van der Waals surface area contributed by atoms with Crippen molar-refractivity contribution in [1.82, 2.24) is 15.4 Å². The molecular weight excluding hydrogens is 275 g/mol. The summed E-state index contributed by atoms with van der Waals surface area (Å²) in [6, 6.07) is 4.67. The third-order valence-electron chi connectivity index (χ3n) is 3.02. The van der Waals surface area contributed by atoms with Crippen LogP contribution in [0.2, 0.25) is 0 Å². The van der Waals surface area contributed by atoms with Crippen molar-refractivity contribution in [3.8, 4) is 11.1 Å². The molecular formula is C14H11FN4O2. The van der Waals surface area contributed by atoms with E-state index in [1.807, 2.05) is 0 Å². The van der Waals surface area contributed by atoms with Crippen molar-refractivity contribution in [3.05, 3.63) is 47.8 Å². The van der Waals surface area contributed by atoms with E-state index >= 15 is 0 Å². The van der Waals surface area contributed by atoms with Crippen LogP contribution in [-0.2, 0) is 4.74 Å². The number of aryl methyl sites for hydroxylation is 1. The maximum absolute atomic E-state index is 14.2. The van der Waals surface area contributed by atoms with E-state index in [0.29, 0.717) is 28.2 Å². The molecule has 3 rings (SSSR count). The zero-order valence-corrected chi connectivity index (χ0v) is 11.1. The first-order valence-corrected chi connectivity index (χ1v) is 6.22. The first-order chi connectivity index (χ1) is 10.1. The number of hydrazone groups is 1. The lowest BCUT2D eigenvalue weighted by Gasteiger charge is -2.13. The molecule has 0 spiro atoms. The molecule has 0 atom stereocenters. The first-order valence-electron chi connectivity index (χ1n) is 6.22. The number of carbonyl (C=O) groups excluding carboxylic acids is 1. The number of hydrogen-bond donors (Lipinski definition) is 1. The number of nitrogens with zero attached hydrogens (tertiary/aromatic N) is 3. The SMILES string of the molecule is Cc1ncc(-c2ccc(C3=NNC(=O)OC3)cc2F)cn1. The summed E-state index contributed by atoms with van der Waals surface area (Å²) in [5.74, 6) is 0.208. The van der Waals surface area contributed by atoms with Crippen molar-refractivity contribution in [2.24, 2.45) is 5.10 Å². The van der Waals surface area contributed by atoms with Crippen molar-refractivity contribution in [2.45, 2.75) is 6.92 Å². The fraction of sp³-hybridized carbons (Fsp3) is 0.143. The van der Waals surface area contributed by atoms with Crippen LogP contribution in [0.4, 0.5) is 9.18 Å². The van der Waals surface area contributed by atoms with Gasteiger partial charge in [-0.3, -0.25) is 0 Å². The van der Waals surface area contributed by atoms with Gasteiger partial charge in [0.25, 0.3) is 0 Å². The third kappa shape index (κ3) is 2.71. The number of halogens is 1. The van der Waals surface area contributed by atoms with E-state index in [1.165, 1.54) is 6.07 Å². The van der Waals surface area contributed by atoms with Gasteiger partial charge >= 0.3 is 6.09 Å². The highest BCUT2D eigenvalue weighted by atomic mass is 19.1. The molecule has 7 heteroatoms. The summed E-state index contributed by atoms with van der Waals surface area (Å²) in [6.07, 6.45) is 2.52. The van der Waals surface area contributed by atoms with Crippen molar-refractivity contribution >= 4 is 11.8 Å². The quantitative estimate of drug-likeness (QED) is 0.916. The molecule has 0 radical (unpaired) electrons. The number of carbonyl (C=O) groups is 1. The summed E-state index contributed by atoms with van der Waals surface area (Å²) in [4.78, 5) is 18.9. The molecule has 6 nitrogen and oxygen atoms in total. The molecule has 0 saturated carbocycles. The van der Waals surface area contributed by atoms with Crippen LogP contribution in [0.5, 0.6) is 0 Å². The van der Waals surface area contributed by atoms with E-state index in [2.05, 4.69) is 20.5 Å². The van der Waals surface area contributed by atoms with E-state index in [4.69, 9.17) is 4.74 Å². The van der Waals surface area contributed by atoms with E-state index in [-0.39, 0.29) is 6.61 Å². The number of amides is 1. The number of hydrogen-bond acceptors (Lipinski definition) is 5. The lowest BCUT2D eigenvalue weighted by molar-refractivity contribution is 0.157. The van der Waals surface area contributed by atoms with Gasteiger partial charge in [-0.15, -0.1) is 0 Å². The maximum Gasteiger partial charge on any atom is 0.428 e. The molecule has 1 aromatic carbocycles. The number of nitrogens with one attached hydrogen (secondary N) is 1. The fourth-order valence-corrected chi connectivity index (χ4v) is 1.92. The Kier molecular flexibility index (Phi) is 3.31. The Morgan fingerprint density at radius 3 is 2.62 bits per heavy atom. The molecule has 2 aromatic rings. The van der Waals surface area contributed by atoms with Gasteiger partial charge in [0, 0.05) is 29.1 Å². The number of ether oxygens (including phenoxy) is 1. The van der Waals surface area contributed by atoms with E-state index in [9.17, 15) is 9.18 Å². The Hall–Kier alpha value is -2.83. The molecule has 0 aliphatic carbocycles. The Morgan fingerprint density at radius 2 is 2.00 bits per heavy atom. The highest BCUT2D eigenvalue weighted by Gasteiger charge is 2.16. The Balaban J connectivity index is 1.93. The lowest BCUT2D eigenvalue weighted by atomic mass is 10.0. The molecule has 0 bridgehead atoms. The molecule has 2 heterocycles. The zero-order valence-electron chi connectivity index (χ0n) is 11.1. The van der Waals surface area contributed by atoms with Gasteiger partial charge in [0.1, 0.15) is 24.0 Å². The van der Waals surface area contributed by atoms with Crippen LogP contribution in [0.25, 0.3) is 11.1 Å². The summed E-state index contributed by atoms with van der Waals surface area (Å²) >= 11 is 0. The summed E-state index contributed by atoms with van der Waals surface area (Å²) in [5.41, 5.74) is 4.19. The predicted molar refractivity (Wildman–Crippen MR) is 73.2 cm³/mol. The second kappa shape index (κ2) is 5.28. The molecule has 0 saturated heterocycles. The monoisotopic (exact) mass is 286 g/mol. The lowest BCUT2D eigenvalue weighted by Crippen LogP contribution is -2.30. The number of benzene rings is 1. The molecule has 106 valence electrons. The minimum Gasteiger partial charge on any atom is -0.442 e. The zero-order chi connectivity index (χ0) is 14.8. The van der Waals surface area contributed by atoms with Crippen LogP contribution in [0.3, 0.4) is 0 Å². The summed E-state index contributed by atoms with van der Waals surface area (Å²) in [6.45, 7) is 1.77. The molecule has 0 unspecified atom stereocenters. The van der Waals surface area contributed by atoms with Gasteiger partial charge in [-0.1, -0.05) is 12.1 Å². The van der Waals surface area contributed by atoms with E-state index < -0.39 is 11.9 Å². The largest absolute Gasteiger partial charge is 0.442 e. The second-order valence-corrected chi connectivity index (χ2v) is 4.46. The summed E-state index contributed by atoms with van der Waals surface area (Å²) in [5, 5.41) is 3.84. The molecule has 1 aromatic heterocycles. The fourth-order valence-electron chi connectivity index (χ4n) is 1.92. The van der Waals surface area contributed by atoms with E-state index in [0.717, 1.165) is 0 Å². The van der Waals surface area contributed by atoms with Gasteiger partial charge in [-0.25, -0.2) is 24.6 Å². The molecule has 21 heavy (non-hydrogen) atoms. The van der Waals surface area contributed by atoms with Crippen LogP contribution >= 0.6 is 0 Å². The van der Waals surface area contributed by atoms with Gasteiger partial charge < -0.3 is 4.74 Å². The Labute approximate surface area is 119 Å².